The maximum atomic E-state index is 10.1. The Bertz CT molecular complexity index is 356. The summed E-state index contributed by atoms with van der Waals surface area (Å²) >= 11 is 3.30. The molecule has 0 radical (unpaired) electrons. The molecule has 16 heavy (non-hydrogen) atoms. The number of aliphatic hydroxyl groups is 1. The van der Waals surface area contributed by atoms with Gasteiger partial charge in [-0.2, -0.15) is 0 Å². The van der Waals surface area contributed by atoms with Crippen molar-refractivity contribution in [2.45, 2.75) is 44.9 Å². The maximum absolute atomic E-state index is 10.1. The van der Waals surface area contributed by atoms with Crippen molar-refractivity contribution in [3.63, 3.8) is 0 Å². The van der Waals surface area contributed by atoms with Crippen LogP contribution in [0.15, 0.2) is 21.2 Å². The van der Waals surface area contributed by atoms with E-state index in [9.17, 15) is 5.11 Å². The molecule has 1 aliphatic rings. The number of nitrogens with zero attached hydrogens (tertiary/aromatic N) is 1. The van der Waals surface area contributed by atoms with Crippen LogP contribution in [0.5, 0.6) is 0 Å². The van der Waals surface area contributed by atoms with E-state index in [-0.39, 0.29) is 6.04 Å². The minimum absolute atomic E-state index is 0.233. The van der Waals surface area contributed by atoms with E-state index < -0.39 is 5.60 Å². The Morgan fingerprint density at radius 3 is 2.88 bits per heavy atom. The number of likely N-dealkylation sites (tertiary alicyclic amines) is 1. The summed E-state index contributed by atoms with van der Waals surface area (Å²) in [6.07, 6.45) is 2.21. The van der Waals surface area contributed by atoms with E-state index in [0.717, 1.165) is 36.4 Å². The molecule has 2 heterocycles. The van der Waals surface area contributed by atoms with Gasteiger partial charge >= 0.3 is 0 Å². The molecule has 1 saturated heterocycles. The second-order valence-electron chi connectivity index (χ2n) is 4.99. The summed E-state index contributed by atoms with van der Waals surface area (Å²) in [5.74, 6) is 0.947. The van der Waals surface area contributed by atoms with Crippen molar-refractivity contribution < 1.29 is 9.52 Å². The fourth-order valence-corrected chi connectivity index (χ4v) is 2.79. The molecule has 0 bridgehead atoms. The largest absolute Gasteiger partial charge is 0.453 e. The van der Waals surface area contributed by atoms with Crippen molar-refractivity contribution in [1.82, 2.24) is 4.90 Å². The minimum atomic E-state index is -0.639. The second-order valence-corrected chi connectivity index (χ2v) is 5.77. The standard InChI is InChI=1S/C12H18BrNO2/c1-12(2,15)10-4-3-7-14(10)8-9-5-6-11(13)16-9/h5-6,10,15H,3-4,7-8H2,1-2H3/t10-/m1/s1. The molecule has 1 aromatic heterocycles. The van der Waals surface area contributed by atoms with Gasteiger partial charge in [-0.1, -0.05) is 0 Å². The molecule has 0 unspecified atom stereocenters. The van der Waals surface area contributed by atoms with Gasteiger partial charge in [0.2, 0.25) is 0 Å². The highest BCUT2D eigenvalue weighted by molar-refractivity contribution is 9.10. The molecule has 90 valence electrons. The van der Waals surface area contributed by atoms with Crippen LogP contribution in [0.1, 0.15) is 32.4 Å². The Morgan fingerprint density at radius 1 is 1.56 bits per heavy atom. The number of halogens is 1. The van der Waals surface area contributed by atoms with E-state index in [4.69, 9.17) is 4.42 Å². The second kappa shape index (κ2) is 4.51. The van der Waals surface area contributed by atoms with Gasteiger partial charge in [-0.25, -0.2) is 0 Å². The molecule has 1 aliphatic heterocycles. The Hall–Kier alpha value is -0.320. The summed E-state index contributed by atoms with van der Waals surface area (Å²) in [4.78, 5) is 2.30. The van der Waals surface area contributed by atoms with Crippen LogP contribution in [-0.4, -0.2) is 28.2 Å². The summed E-state index contributed by atoms with van der Waals surface area (Å²) in [7, 11) is 0. The SMILES string of the molecule is CC(C)(O)[C@H]1CCCN1Cc1ccc(Br)o1. The first kappa shape index (κ1) is 12.1. The topological polar surface area (TPSA) is 36.6 Å². The van der Waals surface area contributed by atoms with Crippen molar-refractivity contribution in [1.29, 1.82) is 0 Å². The molecule has 1 aromatic rings. The zero-order valence-electron chi connectivity index (χ0n) is 9.74. The van der Waals surface area contributed by atoms with Gasteiger partial charge in [0.15, 0.2) is 4.67 Å². The fourth-order valence-electron chi connectivity index (χ4n) is 2.45. The first-order chi connectivity index (χ1) is 7.47. The van der Waals surface area contributed by atoms with Crippen molar-refractivity contribution in [2.75, 3.05) is 6.54 Å². The third-order valence-electron chi connectivity index (χ3n) is 3.17. The molecule has 0 spiro atoms. The van der Waals surface area contributed by atoms with Gasteiger partial charge in [0.25, 0.3) is 0 Å². The Labute approximate surface area is 105 Å². The normalized spacial score (nSPS) is 22.9. The van der Waals surface area contributed by atoms with Crippen LogP contribution in [0.4, 0.5) is 0 Å². The fraction of sp³-hybridized carbons (Fsp3) is 0.667. The predicted octanol–water partition coefficient (Wildman–Crippen LogP) is 2.78. The van der Waals surface area contributed by atoms with Crippen LogP contribution in [0.2, 0.25) is 0 Å². The molecule has 1 N–H and O–H groups in total. The molecule has 2 rings (SSSR count). The van der Waals surface area contributed by atoms with E-state index in [1.807, 2.05) is 26.0 Å². The van der Waals surface area contributed by atoms with Gasteiger partial charge < -0.3 is 9.52 Å². The molecule has 4 heteroatoms. The van der Waals surface area contributed by atoms with Gasteiger partial charge in [0, 0.05) is 6.04 Å². The Morgan fingerprint density at radius 2 is 2.31 bits per heavy atom. The van der Waals surface area contributed by atoms with E-state index in [1.165, 1.54) is 0 Å². The van der Waals surface area contributed by atoms with Crippen molar-refractivity contribution >= 4 is 15.9 Å². The van der Waals surface area contributed by atoms with Crippen LogP contribution in [-0.2, 0) is 6.54 Å². The summed E-state index contributed by atoms with van der Waals surface area (Å²) < 4.78 is 6.27. The molecule has 0 saturated carbocycles. The highest BCUT2D eigenvalue weighted by atomic mass is 79.9. The number of hydrogen-bond acceptors (Lipinski definition) is 3. The molecule has 0 amide bonds. The zero-order chi connectivity index (χ0) is 11.8. The number of furan rings is 1. The first-order valence-corrected chi connectivity index (χ1v) is 6.47. The van der Waals surface area contributed by atoms with Crippen molar-refractivity contribution in [3.05, 3.63) is 22.6 Å². The van der Waals surface area contributed by atoms with Gasteiger partial charge in [-0.3, -0.25) is 4.90 Å². The average Bonchev–Trinajstić information content (AvgIpc) is 2.74. The smallest absolute Gasteiger partial charge is 0.169 e. The minimum Gasteiger partial charge on any atom is -0.453 e. The van der Waals surface area contributed by atoms with Gasteiger partial charge in [0.1, 0.15) is 5.76 Å². The summed E-state index contributed by atoms with van der Waals surface area (Å²) in [5.41, 5.74) is -0.639. The average molecular weight is 288 g/mol. The number of hydrogen-bond donors (Lipinski definition) is 1. The quantitative estimate of drug-likeness (QED) is 0.929. The van der Waals surface area contributed by atoms with E-state index in [0.29, 0.717) is 0 Å². The lowest BCUT2D eigenvalue weighted by Crippen LogP contribution is -2.45. The molecule has 1 fully saturated rings. The molecule has 1 atom stereocenters. The van der Waals surface area contributed by atoms with Crippen LogP contribution < -0.4 is 0 Å². The highest BCUT2D eigenvalue weighted by Gasteiger charge is 2.35. The van der Waals surface area contributed by atoms with Crippen LogP contribution >= 0.6 is 15.9 Å². The zero-order valence-corrected chi connectivity index (χ0v) is 11.3. The number of rotatable bonds is 3. The van der Waals surface area contributed by atoms with E-state index >= 15 is 0 Å². The molecule has 0 aromatic carbocycles. The maximum Gasteiger partial charge on any atom is 0.169 e. The highest BCUT2D eigenvalue weighted by Crippen LogP contribution is 2.28. The molecule has 3 nitrogen and oxygen atoms in total. The lowest BCUT2D eigenvalue weighted by Gasteiger charge is -2.33. The first-order valence-electron chi connectivity index (χ1n) is 5.67. The van der Waals surface area contributed by atoms with Crippen LogP contribution in [0, 0.1) is 0 Å². The van der Waals surface area contributed by atoms with Crippen molar-refractivity contribution in [3.8, 4) is 0 Å². The van der Waals surface area contributed by atoms with Gasteiger partial charge in [-0.05, 0) is 61.3 Å². The van der Waals surface area contributed by atoms with Gasteiger partial charge in [-0.15, -0.1) is 0 Å². The summed E-state index contributed by atoms with van der Waals surface area (Å²) in [6, 6.07) is 4.12. The monoisotopic (exact) mass is 287 g/mol. The van der Waals surface area contributed by atoms with Crippen LogP contribution in [0.25, 0.3) is 0 Å². The molecular formula is C12H18BrNO2. The van der Waals surface area contributed by atoms with E-state index in [2.05, 4.69) is 20.8 Å². The molecule has 0 aliphatic carbocycles. The Kier molecular flexibility index (Phi) is 3.42. The third kappa shape index (κ3) is 2.67. The third-order valence-corrected chi connectivity index (χ3v) is 3.59. The lowest BCUT2D eigenvalue weighted by molar-refractivity contribution is -0.00685. The predicted molar refractivity (Wildman–Crippen MR) is 66.1 cm³/mol. The lowest BCUT2D eigenvalue weighted by atomic mass is 9.96. The molecular weight excluding hydrogens is 270 g/mol. The Balaban J connectivity index is 2.04. The van der Waals surface area contributed by atoms with Gasteiger partial charge in [0.05, 0.1) is 12.1 Å². The van der Waals surface area contributed by atoms with Crippen molar-refractivity contribution in [2.24, 2.45) is 0 Å². The van der Waals surface area contributed by atoms with E-state index in [1.54, 1.807) is 0 Å². The van der Waals surface area contributed by atoms with Crippen LogP contribution in [0.3, 0.4) is 0 Å². The summed E-state index contributed by atoms with van der Waals surface area (Å²) in [6.45, 7) is 5.58. The summed E-state index contributed by atoms with van der Waals surface area (Å²) in [5, 5.41) is 10.1.